The molecule has 8 heteroatoms. The van der Waals surface area contributed by atoms with E-state index in [2.05, 4.69) is 15.9 Å². The molecule has 0 radical (unpaired) electrons. The van der Waals surface area contributed by atoms with E-state index in [1.54, 1.807) is 18.2 Å². The number of ether oxygens (including phenoxy) is 1. The van der Waals surface area contributed by atoms with Gasteiger partial charge in [0.15, 0.2) is 0 Å². The number of aryl methyl sites for hydroxylation is 1. The van der Waals surface area contributed by atoms with Gasteiger partial charge < -0.3 is 14.5 Å². The largest absolute Gasteiger partial charge is 0.423 e. The first-order chi connectivity index (χ1) is 17.9. The average Bonchev–Trinajstić information content (AvgIpc) is 2.89. The number of fused-ring (bicyclic) bond motifs is 6. The van der Waals surface area contributed by atoms with Crippen LogP contribution < -0.4 is 14.5 Å². The minimum Gasteiger partial charge on any atom is -0.423 e. The number of nitro groups is 1. The van der Waals surface area contributed by atoms with E-state index in [0.29, 0.717) is 25.3 Å². The number of carbonyl (C=O) groups excluding carboxylic acids is 1. The summed E-state index contributed by atoms with van der Waals surface area (Å²) in [6, 6.07) is 22.0. The van der Waals surface area contributed by atoms with Crippen molar-refractivity contribution in [1.82, 2.24) is 0 Å². The molecular weight excluding hydrogens is 473 g/mol. The standard InChI is InChI=1S/C29H22FN3O4/c1-18-3-2-4-25(29(34)37-24-9-6-22(30)7-10-24)28(18)19-5-11-26-20(13-19)15-31-17-32(26)16-21-14-23(33(35)36)8-12-27(21)31/h2-14H,15-17H2,1H3. The molecule has 0 amide bonds. The van der Waals surface area contributed by atoms with Crippen molar-refractivity contribution >= 4 is 23.0 Å². The quantitative estimate of drug-likeness (QED) is 0.145. The van der Waals surface area contributed by atoms with Crippen LogP contribution in [-0.4, -0.2) is 17.6 Å². The summed E-state index contributed by atoms with van der Waals surface area (Å²) in [4.78, 5) is 28.4. The third-order valence-electron chi connectivity index (χ3n) is 6.90. The second kappa shape index (κ2) is 8.74. The van der Waals surface area contributed by atoms with Crippen LogP contribution in [0, 0.1) is 22.9 Å². The first-order valence-corrected chi connectivity index (χ1v) is 11.9. The summed E-state index contributed by atoms with van der Waals surface area (Å²) in [7, 11) is 0. The zero-order valence-electron chi connectivity index (χ0n) is 20.0. The van der Waals surface area contributed by atoms with Gasteiger partial charge in [0.2, 0.25) is 0 Å². The van der Waals surface area contributed by atoms with Crippen molar-refractivity contribution in [3.8, 4) is 16.9 Å². The first kappa shape index (κ1) is 22.7. The third-order valence-corrected chi connectivity index (χ3v) is 6.90. The van der Waals surface area contributed by atoms with Crippen molar-refractivity contribution in [2.24, 2.45) is 0 Å². The fraction of sp³-hybridized carbons (Fsp3) is 0.138. The van der Waals surface area contributed by atoms with E-state index < -0.39 is 11.8 Å². The van der Waals surface area contributed by atoms with Crippen molar-refractivity contribution in [3.05, 3.63) is 117 Å². The Hall–Kier alpha value is -4.72. The van der Waals surface area contributed by atoms with Crippen molar-refractivity contribution in [2.75, 3.05) is 16.5 Å². The van der Waals surface area contributed by atoms with Crippen LogP contribution in [-0.2, 0) is 13.1 Å². The maximum absolute atomic E-state index is 13.3. The Kier molecular flexibility index (Phi) is 5.37. The molecule has 2 aliphatic heterocycles. The van der Waals surface area contributed by atoms with Crippen LogP contribution in [0.25, 0.3) is 11.1 Å². The number of non-ortho nitro benzene ring substituents is 1. The van der Waals surface area contributed by atoms with Gasteiger partial charge in [-0.15, -0.1) is 0 Å². The van der Waals surface area contributed by atoms with Crippen LogP contribution in [0.3, 0.4) is 0 Å². The number of rotatable bonds is 4. The molecule has 4 aromatic carbocycles. The number of anilines is 2. The van der Waals surface area contributed by atoms with Gasteiger partial charge in [0.05, 0.1) is 17.2 Å². The van der Waals surface area contributed by atoms with E-state index in [4.69, 9.17) is 4.74 Å². The molecule has 7 nitrogen and oxygen atoms in total. The van der Waals surface area contributed by atoms with Crippen LogP contribution >= 0.6 is 0 Å². The van der Waals surface area contributed by atoms with Gasteiger partial charge >= 0.3 is 5.97 Å². The Morgan fingerprint density at radius 2 is 1.59 bits per heavy atom. The van der Waals surface area contributed by atoms with Gasteiger partial charge in [-0.2, -0.15) is 0 Å². The predicted molar refractivity (Wildman–Crippen MR) is 138 cm³/mol. The van der Waals surface area contributed by atoms with E-state index >= 15 is 0 Å². The minimum atomic E-state index is -0.511. The topological polar surface area (TPSA) is 75.9 Å². The van der Waals surface area contributed by atoms with Gasteiger partial charge in [-0.3, -0.25) is 10.1 Å². The van der Waals surface area contributed by atoms with Crippen LogP contribution in [0.15, 0.2) is 78.9 Å². The Labute approximate surface area is 212 Å². The Balaban J connectivity index is 1.34. The monoisotopic (exact) mass is 495 g/mol. The van der Waals surface area contributed by atoms with Gasteiger partial charge in [-0.25, -0.2) is 9.18 Å². The van der Waals surface area contributed by atoms with Crippen LogP contribution in [0.5, 0.6) is 5.75 Å². The number of carbonyl (C=O) groups is 1. The molecule has 184 valence electrons. The van der Waals surface area contributed by atoms with Gasteiger partial charge in [0, 0.05) is 42.2 Å². The lowest BCUT2D eigenvalue weighted by Gasteiger charge is -2.44. The number of hydrogen-bond acceptors (Lipinski definition) is 6. The van der Waals surface area contributed by atoms with E-state index in [1.165, 1.54) is 24.3 Å². The molecule has 0 aromatic heterocycles. The lowest BCUT2D eigenvalue weighted by Crippen LogP contribution is -2.46. The van der Waals surface area contributed by atoms with Crippen molar-refractivity contribution < 1.29 is 18.8 Å². The summed E-state index contributed by atoms with van der Waals surface area (Å²) in [5.41, 5.74) is 7.24. The molecule has 0 aliphatic carbocycles. The molecule has 0 N–H and O–H groups in total. The summed E-state index contributed by atoms with van der Waals surface area (Å²) in [5, 5.41) is 11.3. The first-order valence-electron chi connectivity index (χ1n) is 11.9. The summed E-state index contributed by atoms with van der Waals surface area (Å²) in [5.74, 6) is -0.637. The fourth-order valence-electron chi connectivity index (χ4n) is 5.22. The molecule has 4 aromatic rings. The smallest absolute Gasteiger partial charge is 0.344 e. The molecule has 6 rings (SSSR count). The Morgan fingerprint density at radius 3 is 2.30 bits per heavy atom. The number of hydrogen-bond donors (Lipinski definition) is 0. The van der Waals surface area contributed by atoms with Gasteiger partial charge in [0.25, 0.3) is 5.69 Å². The number of nitro benzene ring substituents is 1. The maximum atomic E-state index is 13.3. The van der Waals surface area contributed by atoms with Crippen LogP contribution in [0.2, 0.25) is 0 Å². The molecule has 0 saturated heterocycles. The van der Waals surface area contributed by atoms with E-state index in [1.807, 2.05) is 37.3 Å². The fourth-order valence-corrected chi connectivity index (χ4v) is 5.22. The zero-order chi connectivity index (χ0) is 25.7. The average molecular weight is 496 g/mol. The van der Waals surface area contributed by atoms with E-state index in [0.717, 1.165) is 39.2 Å². The number of benzene rings is 4. The maximum Gasteiger partial charge on any atom is 0.344 e. The van der Waals surface area contributed by atoms with E-state index in [9.17, 15) is 19.3 Å². The highest BCUT2D eigenvalue weighted by atomic mass is 19.1. The SMILES string of the molecule is Cc1cccc(C(=O)Oc2ccc(F)cc2)c1-c1ccc2c(c1)CN1CN2Cc2cc([N+](=O)[O-])ccc21. The molecule has 2 heterocycles. The highest BCUT2D eigenvalue weighted by Gasteiger charge is 2.31. The summed E-state index contributed by atoms with van der Waals surface area (Å²) in [6.07, 6.45) is 0. The third kappa shape index (κ3) is 4.06. The summed E-state index contributed by atoms with van der Waals surface area (Å²) < 4.78 is 18.8. The van der Waals surface area contributed by atoms with Gasteiger partial charge in [-0.05, 0) is 77.7 Å². The molecule has 37 heavy (non-hydrogen) atoms. The normalized spacial score (nSPS) is 13.6. The van der Waals surface area contributed by atoms with Crippen LogP contribution in [0.1, 0.15) is 27.0 Å². The molecular formula is C29H22FN3O4. The Morgan fingerprint density at radius 1 is 0.919 bits per heavy atom. The summed E-state index contributed by atoms with van der Waals surface area (Å²) >= 11 is 0. The predicted octanol–water partition coefficient (Wildman–Crippen LogP) is 6.23. The van der Waals surface area contributed by atoms with Crippen molar-refractivity contribution in [3.63, 3.8) is 0 Å². The lowest BCUT2D eigenvalue weighted by atomic mass is 9.92. The zero-order valence-corrected chi connectivity index (χ0v) is 20.0. The molecule has 0 atom stereocenters. The minimum absolute atomic E-state index is 0.0938. The van der Waals surface area contributed by atoms with Crippen molar-refractivity contribution in [2.45, 2.75) is 20.0 Å². The molecule has 0 saturated carbocycles. The van der Waals surface area contributed by atoms with Gasteiger partial charge in [0.1, 0.15) is 11.6 Å². The molecule has 0 fully saturated rings. The second-order valence-corrected chi connectivity index (χ2v) is 9.29. The lowest BCUT2D eigenvalue weighted by molar-refractivity contribution is -0.384. The van der Waals surface area contributed by atoms with Gasteiger partial charge in [-0.1, -0.05) is 18.2 Å². The molecule has 0 unspecified atom stereocenters. The number of esters is 1. The summed E-state index contributed by atoms with van der Waals surface area (Å²) in [6.45, 7) is 3.89. The van der Waals surface area contributed by atoms with Crippen molar-refractivity contribution in [1.29, 1.82) is 0 Å². The Bertz CT molecular complexity index is 1570. The highest BCUT2D eigenvalue weighted by Crippen LogP contribution is 2.41. The number of halogens is 1. The molecule has 0 spiro atoms. The second-order valence-electron chi connectivity index (χ2n) is 9.29. The molecule has 2 bridgehead atoms. The van der Waals surface area contributed by atoms with E-state index in [-0.39, 0.29) is 16.4 Å². The highest BCUT2D eigenvalue weighted by molar-refractivity contribution is 5.99. The molecule has 2 aliphatic rings. The number of nitrogens with zero attached hydrogens (tertiary/aromatic N) is 3. The van der Waals surface area contributed by atoms with Crippen LogP contribution in [0.4, 0.5) is 21.5 Å².